The van der Waals surface area contributed by atoms with Gasteiger partial charge in [-0.2, -0.15) is 18.3 Å². The summed E-state index contributed by atoms with van der Waals surface area (Å²) in [5.74, 6) is -2.14. The van der Waals surface area contributed by atoms with Gasteiger partial charge in [-0.25, -0.2) is 9.07 Å². The van der Waals surface area contributed by atoms with Gasteiger partial charge in [0.15, 0.2) is 11.5 Å². The summed E-state index contributed by atoms with van der Waals surface area (Å²) in [6.45, 7) is 0. The van der Waals surface area contributed by atoms with Crippen LogP contribution in [-0.4, -0.2) is 15.7 Å². The maximum atomic E-state index is 13.9. The first-order valence-corrected chi connectivity index (χ1v) is 8.10. The molecule has 1 amide bonds. The first-order valence-electron chi connectivity index (χ1n) is 7.35. The van der Waals surface area contributed by atoms with Crippen LogP contribution in [0.3, 0.4) is 0 Å². The molecule has 0 unspecified atom stereocenters. The molecule has 27 heavy (non-hydrogen) atoms. The Bertz CT molecular complexity index is 1020. The molecule has 3 rings (SSSR count). The van der Waals surface area contributed by atoms with Crippen LogP contribution in [0.4, 0.5) is 23.2 Å². The number of amides is 1. The van der Waals surface area contributed by atoms with E-state index >= 15 is 0 Å². The van der Waals surface area contributed by atoms with Crippen molar-refractivity contribution in [2.24, 2.45) is 0 Å². The fourth-order valence-electron chi connectivity index (χ4n) is 2.38. The van der Waals surface area contributed by atoms with Crippen LogP contribution in [0.2, 0.25) is 10.0 Å². The lowest BCUT2D eigenvalue weighted by Gasteiger charge is -2.13. The van der Waals surface area contributed by atoms with Crippen molar-refractivity contribution in [3.05, 3.63) is 75.8 Å². The van der Waals surface area contributed by atoms with Crippen molar-refractivity contribution >= 4 is 34.8 Å². The van der Waals surface area contributed by atoms with E-state index in [-0.39, 0.29) is 21.4 Å². The van der Waals surface area contributed by atoms with Crippen LogP contribution in [0.25, 0.3) is 5.69 Å². The Morgan fingerprint density at radius 2 is 1.81 bits per heavy atom. The molecule has 2 aromatic carbocycles. The van der Waals surface area contributed by atoms with Crippen molar-refractivity contribution in [2.45, 2.75) is 6.18 Å². The van der Waals surface area contributed by atoms with E-state index in [1.165, 1.54) is 42.5 Å². The predicted molar refractivity (Wildman–Crippen MR) is 92.9 cm³/mol. The minimum absolute atomic E-state index is 0.0165. The monoisotopic (exact) mass is 417 g/mol. The Kier molecular flexibility index (Phi) is 5.12. The number of halogens is 6. The molecule has 0 aliphatic rings. The Morgan fingerprint density at radius 1 is 1.11 bits per heavy atom. The highest BCUT2D eigenvalue weighted by molar-refractivity contribution is 6.31. The van der Waals surface area contributed by atoms with Crippen molar-refractivity contribution in [2.75, 3.05) is 5.32 Å². The van der Waals surface area contributed by atoms with E-state index in [4.69, 9.17) is 23.2 Å². The van der Waals surface area contributed by atoms with E-state index in [1.54, 1.807) is 0 Å². The van der Waals surface area contributed by atoms with Crippen LogP contribution >= 0.6 is 23.2 Å². The Morgan fingerprint density at radius 3 is 2.48 bits per heavy atom. The van der Waals surface area contributed by atoms with Gasteiger partial charge in [0, 0.05) is 5.02 Å². The molecule has 140 valence electrons. The number of nitrogens with one attached hydrogen (secondary N) is 1. The fraction of sp³-hybridized carbons (Fsp3) is 0.0588. The van der Waals surface area contributed by atoms with Crippen molar-refractivity contribution < 1.29 is 22.4 Å². The highest BCUT2D eigenvalue weighted by Gasteiger charge is 2.40. The molecule has 0 radical (unpaired) electrons. The zero-order chi connectivity index (χ0) is 19.8. The molecule has 0 saturated carbocycles. The first-order chi connectivity index (χ1) is 12.7. The molecule has 0 saturated heterocycles. The lowest BCUT2D eigenvalue weighted by Crippen LogP contribution is -2.21. The van der Waals surface area contributed by atoms with Crippen LogP contribution in [0.1, 0.15) is 16.1 Å². The molecular formula is C17H9Cl2F4N3O. The van der Waals surface area contributed by atoms with Gasteiger partial charge in [0.1, 0.15) is 0 Å². The molecule has 3 aromatic rings. The third-order valence-electron chi connectivity index (χ3n) is 3.53. The number of benzene rings is 2. The van der Waals surface area contributed by atoms with Crippen molar-refractivity contribution in [3.63, 3.8) is 0 Å². The molecule has 1 heterocycles. The van der Waals surface area contributed by atoms with Gasteiger partial charge in [-0.3, -0.25) is 4.79 Å². The second kappa shape index (κ2) is 7.21. The zero-order valence-electron chi connectivity index (χ0n) is 13.2. The number of nitrogens with zero attached hydrogens (tertiary/aromatic N) is 2. The van der Waals surface area contributed by atoms with Crippen LogP contribution in [0, 0.1) is 5.82 Å². The van der Waals surface area contributed by atoms with E-state index in [0.29, 0.717) is 4.68 Å². The molecule has 10 heteroatoms. The molecule has 0 spiro atoms. The van der Waals surface area contributed by atoms with E-state index < -0.39 is 29.2 Å². The smallest absolute Gasteiger partial charge is 0.319 e. The number of carbonyl (C=O) groups is 1. The molecule has 0 atom stereocenters. The summed E-state index contributed by atoms with van der Waals surface area (Å²) in [5.41, 5.74) is -2.43. The summed E-state index contributed by atoms with van der Waals surface area (Å²) >= 11 is 11.4. The molecule has 0 aliphatic heterocycles. The second-order valence-corrected chi connectivity index (χ2v) is 6.20. The molecule has 0 fully saturated rings. The summed E-state index contributed by atoms with van der Waals surface area (Å²) in [5, 5.41) is 5.65. The summed E-state index contributed by atoms with van der Waals surface area (Å²) < 4.78 is 55.3. The van der Waals surface area contributed by atoms with Crippen LogP contribution in [0.15, 0.2) is 48.7 Å². The summed E-state index contributed by atoms with van der Waals surface area (Å²) in [4.78, 5) is 12.4. The highest BCUT2D eigenvalue weighted by Crippen LogP contribution is 2.34. The normalized spacial score (nSPS) is 11.5. The number of rotatable bonds is 3. The van der Waals surface area contributed by atoms with Crippen molar-refractivity contribution in [3.8, 4) is 5.69 Å². The summed E-state index contributed by atoms with van der Waals surface area (Å²) in [7, 11) is 0. The van der Waals surface area contributed by atoms with Gasteiger partial charge < -0.3 is 5.32 Å². The summed E-state index contributed by atoms with van der Waals surface area (Å²) in [6, 6.07) is 9.31. The van der Waals surface area contributed by atoms with E-state index in [2.05, 4.69) is 10.4 Å². The largest absolute Gasteiger partial charge is 0.434 e. The number of hydrogen-bond donors (Lipinski definition) is 1. The predicted octanol–water partition coefficient (Wildman–Crippen LogP) is 5.59. The maximum absolute atomic E-state index is 13.9. The van der Waals surface area contributed by atoms with Crippen LogP contribution in [-0.2, 0) is 6.18 Å². The molecular weight excluding hydrogens is 409 g/mol. The average molecular weight is 418 g/mol. The molecule has 1 N–H and O–H groups in total. The lowest BCUT2D eigenvalue weighted by atomic mass is 10.2. The van der Waals surface area contributed by atoms with E-state index in [0.717, 1.165) is 6.20 Å². The van der Waals surface area contributed by atoms with Gasteiger partial charge in [-0.15, -0.1) is 0 Å². The highest BCUT2D eigenvalue weighted by atomic mass is 35.5. The lowest BCUT2D eigenvalue weighted by molar-refractivity contribution is -0.143. The van der Waals surface area contributed by atoms with Crippen molar-refractivity contribution in [1.29, 1.82) is 0 Å². The number of aromatic nitrogens is 2. The van der Waals surface area contributed by atoms with Crippen LogP contribution in [0.5, 0.6) is 0 Å². The van der Waals surface area contributed by atoms with Crippen molar-refractivity contribution in [1.82, 2.24) is 9.78 Å². The Hall–Kier alpha value is -2.58. The van der Waals surface area contributed by atoms with Gasteiger partial charge >= 0.3 is 6.18 Å². The Labute approximate surface area is 160 Å². The number of anilines is 1. The topological polar surface area (TPSA) is 46.9 Å². The standard InChI is InChI=1S/C17H9Cl2F4N3O/c18-9-3-1-4-10(7-9)26-15(17(21,22)23)11(8-24-26)16(27)25-13-6-2-5-12(19)14(13)20/h1-8H,(H,25,27). The van der Waals surface area contributed by atoms with Gasteiger partial charge in [-0.1, -0.05) is 35.3 Å². The zero-order valence-corrected chi connectivity index (χ0v) is 14.7. The minimum Gasteiger partial charge on any atom is -0.319 e. The number of carbonyl (C=O) groups excluding carboxylic acids is 1. The fourth-order valence-corrected chi connectivity index (χ4v) is 2.74. The first kappa shape index (κ1) is 19.2. The average Bonchev–Trinajstić information content (AvgIpc) is 3.04. The molecule has 0 aliphatic carbocycles. The van der Waals surface area contributed by atoms with E-state index in [9.17, 15) is 22.4 Å². The minimum atomic E-state index is -4.90. The molecule has 4 nitrogen and oxygen atoms in total. The molecule has 0 bridgehead atoms. The third-order valence-corrected chi connectivity index (χ3v) is 4.06. The SMILES string of the molecule is O=C(Nc1cccc(Cl)c1F)c1cnn(-c2cccc(Cl)c2)c1C(F)(F)F. The number of alkyl halides is 3. The van der Waals surface area contributed by atoms with Gasteiger partial charge in [-0.05, 0) is 30.3 Å². The quantitative estimate of drug-likeness (QED) is 0.564. The van der Waals surface area contributed by atoms with Gasteiger partial charge in [0.2, 0.25) is 0 Å². The number of hydrogen-bond acceptors (Lipinski definition) is 2. The molecule has 1 aromatic heterocycles. The second-order valence-electron chi connectivity index (χ2n) is 5.35. The maximum Gasteiger partial charge on any atom is 0.434 e. The van der Waals surface area contributed by atoms with Gasteiger partial charge in [0.05, 0.1) is 28.2 Å². The summed E-state index contributed by atoms with van der Waals surface area (Å²) in [6.07, 6.45) is -4.15. The van der Waals surface area contributed by atoms with Crippen LogP contribution < -0.4 is 5.32 Å². The van der Waals surface area contributed by atoms with Gasteiger partial charge in [0.25, 0.3) is 5.91 Å². The third kappa shape index (κ3) is 3.91. The van der Waals surface area contributed by atoms with E-state index in [1.807, 2.05) is 0 Å². The Balaban J connectivity index is 2.05.